The van der Waals surface area contributed by atoms with Crippen LogP contribution >= 0.6 is 23.7 Å². The van der Waals surface area contributed by atoms with E-state index in [1.807, 2.05) is 11.3 Å². The van der Waals surface area contributed by atoms with Gasteiger partial charge in [-0.25, -0.2) is 0 Å². The van der Waals surface area contributed by atoms with Crippen LogP contribution in [0.4, 0.5) is 0 Å². The molecule has 1 aromatic carbocycles. The van der Waals surface area contributed by atoms with Gasteiger partial charge in [0.2, 0.25) is 0 Å². The Hall–Kier alpha value is -0.830. The molecule has 1 unspecified atom stereocenters. The molecule has 0 amide bonds. The third kappa shape index (κ3) is 4.15. The number of aryl methyl sites for hydroxylation is 1. The number of benzene rings is 1. The van der Waals surface area contributed by atoms with Crippen molar-refractivity contribution < 1.29 is 0 Å². The summed E-state index contributed by atoms with van der Waals surface area (Å²) in [7, 11) is 0. The summed E-state index contributed by atoms with van der Waals surface area (Å²) in [5.41, 5.74) is 1.34. The van der Waals surface area contributed by atoms with Crippen LogP contribution in [0.5, 0.6) is 0 Å². The molecule has 3 heteroatoms. The van der Waals surface area contributed by atoms with Crippen LogP contribution in [0.15, 0.2) is 42.5 Å². The summed E-state index contributed by atoms with van der Waals surface area (Å²) in [6.45, 7) is 5.30. The molecule has 1 N–H and O–H groups in total. The van der Waals surface area contributed by atoms with Crippen molar-refractivity contribution in [3.8, 4) is 0 Å². The van der Waals surface area contributed by atoms with E-state index in [0.717, 1.165) is 6.54 Å². The van der Waals surface area contributed by atoms with Gasteiger partial charge < -0.3 is 5.32 Å². The monoisotopic (exact) mass is 267 g/mol. The highest BCUT2D eigenvalue weighted by molar-refractivity contribution is 7.11. The molecular formula is C14H18ClNS. The summed E-state index contributed by atoms with van der Waals surface area (Å²) in [6, 6.07) is 15.3. The number of hydrogen-bond donors (Lipinski definition) is 1. The topological polar surface area (TPSA) is 12.0 Å². The fourth-order valence-electron chi connectivity index (χ4n) is 1.69. The average Bonchev–Trinajstić information content (AvgIpc) is 2.73. The first-order valence-corrected chi connectivity index (χ1v) is 6.41. The van der Waals surface area contributed by atoms with E-state index in [1.165, 1.54) is 15.3 Å². The molecule has 1 nitrogen and oxygen atoms in total. The van der Waals surface area contributed by atoms with E-state index >= 15 is 0 Å². The van der Waals surface area contributed by atoms with Crippen molar-refractivity contribution in [2.45, 2.75) is 26.4 Å². The molecule has 0 radical (unpaired) electrons. The maximum absolute atomic E-state index is 3.54. The molecule has 0 spiro atoms. The van der Waals surface area contributed by atoms with Gasteiger partial charge in [-0.05, 0) is 31.5 Å². The van der Waals surface area contributed by atoms with Crippen molar-refractivity contribution in [3.05, 3.63) is 57.8 Å². The Morgan fingerprint density at radius 1 is 1.12 bits per heavy atom. The molecule has 0 aliphatic carbocycles. The van der Waals surface area contributed by atoms with E-state index in [0.29, 0.717) is 6.04 Å². The summed E-state index contributed by atoms with van der Waals surface area (Å²) in [5.74, 6) is 0. The van der Waals surface area contributed by atoms with Gasteiger partial charge in [-0.15, -0.1) is 23.7 Å². The van der Waals surface area contributed by atoms with Crippen molar-refractivity contribution in [2.24, 2.45) is 0 Å². The summed E-state index contributed by atoms with van der Waals surface area (Å²) < 4.78 is 0. The van der Waals surface area contributed by atoms with Gasteiger partial charge in [-0.3, -0.25) is 0 Å². The normalized spacial score (nSPS) is 11.9. The second-order valence-electron chi connectivity index (χ2n) is 4.03. The molecule has 0 fully saturated rings. The van der Waals surface area contributed by atoms with Gasteiger partial charge in [-0.1, -0.05) is 30.3 Å². The first-order valence-electron chi connectivity index (χ1n) is 5.59. The predicted molar refractivity (Wildman–Crippen MR) is 78.0 cm³/mol. The molecule has 2 aromatic rings. The maximum Gasteiger partial charge on any atom is 0.0305 e. The summed E-state index contributed by atoms with van der Waals surface area (Å²) in [5, 5.41) is 3.54. The number of nitrogens with one attached hydrogen (secondary N) is 1. The molecule has 0 aliphatic rings. The Balaban J connectivity index is 0.00000144. The molecule has 0 aliphatic heterocycles. The molecule has 0 saturated carbocycles. The number of halogens is 1. The zero-order valence-electron chi connectivity index (χ0n) is 10.1. The lowest BCUT2D eigenvalue weighted by Crippen LogP contribution is -2.17. The van der Waals surface area contributed by atoms with E-state index in [4.69, 9.17) is 0 Å². The third-order valence-corrected chi connectivity index (χ3v) is 3.68. The number of hydrogen-bond acceptors (Lipinski definition) is 2. The Morgan fingerprint density at radius 3 is 2.41 bits per heavy atom. The van der Waals surface area contributed by atoms with Gasteiger partial charge in [0.15, 0.2) is 0 Å². The minimum atomic E-state index is 0. The molecule has 92 valence electrons. The van der Waals surface area contributed by atoms with Crippen LogP contribution < -0.4 is 5.32 Å². The van der Waals surface area contributed by atoms with E-state index < -0.39 is 0 Å². The van der Waals surface area contributed by atoms with Crippen molar-refractivity contribution in [1.82, 2.24) is 5.32 Å². The number of rotatable bonds is 4. The molecule has 0 saturated heterocycles. The summed E-state index contributed by atoms with van der Waals surface area (Å²) in [4.78, 5) is 2.78. The minimum absolute atomic E-state index is 0. The lowest BCUT2D eigenvalue weighted by molar-refractivity contribution is 0.579. The number of thiophene rings is 1. The van der Waals surface area contributed by atoms with Gasteiger partial charge in [-0.2, -0.15) is 0 Å². The Kier molecular flexibility index (Phi) is 5.69. The zero-order valence-corrected chi connectivity index (χ0v) is 11.8. The summed E-state index contributed by atoms with van der Waals surface area (Å²) >= 11 is 1.86. The molecular weight excluding hydrogens is 250 g/mol. The first kappa shape index (κ1) is 14.2. The smallest absolute Gasteiger partial charge is 0.0305 e. The SMILES string of the molecule is Cc1ccc(CNC(C)c2ccccc2)s1.Cl. The van der Waals surface area contributed by atoms with Crippen LogP contribution in [-0.2, 0) is 6.54 Å². The molecule has 0 bridgehead atoms. The highest BCUT2D eigenvalue weighted by Gasteiger charge is 2.04. The lowest BCUT2D eigenvalue weighted by Gasteiger charge is -2.13. The average molecular weight is 268 g/mol. The van der Waals surface area contributed by atoms with E-state index in [-0.39, 0.29) is 12.4 Å². The van der Waals surface area contributed by atoms with Crippen molar-refractivity contribution in [2.75, 3.05) is 0 Å². The zero-order chi connectivity index (χ0) is 11.4. The van der Waals surface area contributed by atoms with Crippen LogP contribution in [0.2, 0.25) is 0 Å². The molecule has 2 rings (SSSR count). The predicted octanol–water partition coefficient (Wildman–Crippen LogP) is 4.33. The van der Waals surface area contributed by atoms with Gasteiger partial charge in [0.05, 0.1) is 0 Å². The minimum Gasteiger partial charge on any atom is -0.305 e. The standard InChI is InChI=1S/C14H17NS.ClH/c1-11-8-9-14(16-11)10-15-12(2)13-6-4-3-5-7-13;/h3-9,12,15H,10H2,1-2H3;1H. The van der Waals surface area contributed by atoms with Gasteiger partial charge >= 0.3 is 0 Å². The van der Waals surface area contributed by atoms with Crippen molar-refractivity contribution >= 4 is 23.7 Å². The van der Waals surface area contributed by atoms with Gasteiger partial charge in [0.25, 0.3) is 0 Å². The maximum atomic E-state index is 3.54. The molecule has 1 aromatic heterocycles. The second-order valence-corrected chi connectivity index (χ2v) is 5.40. The fraction of sp³-hybridized carbons (Fsp3) is 0.286. The van der Waals surface area contributed by atoms with Crippen molar-refractivity contribution in [3.63, 3.8) is 0 Å². The second kappa shape index (κ2) is 6.80. The Morgan fingerprint density at radius 2 is 1.82 bits per heavy atom. The van der Waals surface area contributed by atoms with Gasteiger partial charge in [0.1, 0.15) is 0 Å². The largest absolute Gasteiger partial charge is 0.305 e. The van der Waals surface area contributed by atoms with Crippen LogP contribution in [-0.4, -0.2) is 0 Å². The molecule has 1 atom stereocenters. The van der Waals surface area contributed by atoms with Crippen LogP contribution in [0.1, 0.15) is 28.3 Å². The third-order valence-electron chi connectivity index (χ3n) is 2.68. The summed E-state index contributed by atoms with van der Waals surface area (Å²) in [6.07, 6.45) is 0. The Bertz CT molecular complexity index is 438. The highest BCUT2D eigenvalue weighted by Crippen LogP contribution is 2.17. The van der Waals surface area contributed by atoms with Crippen LogP contribution in [0, 0.1) is 6.92 Å². The fourth-order valence-corrected chi connectivity index (χ4v) is 2.53. The van der Waals surface area contributed by atoms with E-state index in [9.17, 15) is 0 Å². The quantitative estimate of drug-likeness (QED) is 0.870. The van der Waals surface area contributed by atoms with Crippen LogP contribution in [0.3, 0.4) is 0 Å². The van der Waals surface area contributed by atoms with Gasteiger partial charge in [0, 0.05) is 22.3 Å². The van der Waals surface area contributed by atoms with E-state index in [1.54, 1.807) is 0 Å². The van der Waals surface area contributed by atoms with Crippen LogP contribution in [0.25, 0.3) is 0 Å². The van der Waals surface area contributed by atoms with E-state index in [2.05, 4.69) is 61.6 Å². The highest BCUT2D eigenvalue weighted by atomic mass is 35.5. The van der Waals surface area contributed by atoms with Crippen molar-refractivity contribution in [1.29, 1.82) is 0 Å². The molecule has 17 heavy (non-hydrogen) atoms. The first-order chi connectivity index (χ1) is 7.75. The lowest BCUT2D eigenvalue weighted by atomic mass is 10.1. The molecule has 1 heterocycles. The Labute approximate surface area is 113 Å².